The van der Waals surface area contributed by atoms with Crippen LogP contribution in [-0.4, -0.2) is 25.2 Å². The van der Waals surface area contributed by atoms with Crippen molar-refractivity contribution in [1.82, 2.24) is 10.9 Å². The summed E-state index contributed by atoms with van der Waals surface area (Å²) < 4.78 is 0. The molecule has 6 N–H and O–H groups in total. The Morgan fingerprint density at radius 2 is 1.45 bits per heavy atom. The Morgan fingerprint density at radius 3 is 2.18 bits per heavy atom. The van der Waals surface area contributed by atoms with E-state index < -0.39 is 0 Å². The van der Waals surface area contributed by atoms with E-state index >= 15 is 0 Å². The number of hydrogen-bond donors (Lipinski definition) is 4. The fraction of sp³-hybridized carbons (Fsp3) is 1.00. The molecule has 22 heavy (non-hydrogen) atoms. The quantitative estimate of drug-likeness (QED) is 0.589. The van der Waals surface area contributed by atoms with E-state index in [-0.39, 0.29) is 0 Å². The van der Waals surface area contributed by atoms with Crippen LogP contribution in [0.4, 0.5) is 0 Å². The normalized spacial score (nSPS) is 36.5. The van der Waals surface area contributed by atoms with Crippen LogP contribution in [-0.2, 0) is 0 Å². The van der Waals surface area contributed by atoms with Crippen molar-refractivity contribution in [2.45, 2.75) is 83.7 Å². The lowest BCUT2D eigenvalue weighted by atomic mass is 9.70. The first-order valence-corrected chi connectivity index (χ1v) is 9.43. The van der Waals surface area contributed by atoms with Gasteiger partial charge in [-0.2, -0.15) is 0 Å². The molecule has 0 aromatic heterocycles. The highest BCUT2D eigenvalue weighted by Crippen LogP contribution is 2.38. The Kier molecular flexibility index (Phi) is 7.13. The molecule has 0 heterocycles. The highest BCUT2D eigenvalue weighted by molar-refractivity contribution is 4.88. The van der Waals surface area contributed by atoms with Gasteiger partial charge in [0.25, 0.3) is 0 Å². The van der Waals surface area contributed by atoms with Gasteiger partial charge >= 0.3 is 0 Å². The summed E-state index contributed by atoms with van der Waals surface area (Å²) in [6, 6.07) is 1.13. The van der Waals surface area contributed by atoms with E-state index in [4.69, 9.17) is 11.5 Å². The summed E-state index contributed by atoms with van der Waals surface area (Å²) >= 11 is 0. The molecule has 0 saturated heterocycles. The van der Waals surface area contributed by atoms with E-state index in [1.165, 1.54) is 57.8 Å². The molecule has 2 aliphatic carbocycles. The molecule has 2 saturated carbocycles. The molecule has 130 valence electrons. The van der Waals surface area contributed by atoms with E-state index in [1.807, 2.05) is 0 Å². The second-order valence-corrected chi connectivity index (χ2v) is 8.57. The van der Waals surface area contributed by atoms with Gasteiger partial charge < -0.3 is 11.5 Å². The lowest BCUT2D eigenvalue weighted by Gasteiger charge is -2.41. The Morgan fingerprint density at radius 1 is 0.818 bits per heavy atom. The molecule has 0 spiro atoms. The first-order chi connectivity index (χ1) is 10.5. The maximum Gasteiger partial charge on any atom is 0.0221 e. The van der Waals surface area contributed by atoms with Gasteiger partial charge in [0, 0.05) is 12.1 Å². The number of nitrogens with two attached hydrogens (primary N) is 2. The number of nitrogens with one attached hydrogen (secondary N) is 2. The summed E-state index contributed by atoms with van der Waals surface area (Å²) in [5.74, 6) is 1.36. The monoisotopic (exact) mass is 310 g/mol. The maximum absolute atomic E-state index is 5.94. The molecular weight excluding hydrogens is 272 g/mol. The van der Waals surface area contributed by atoms with Crippen LogP contribution in [0.1, 0.15) is 71.6 Å². The van der Waals surface area contributed by atoms with Gasteiger partial charge in [0.2, 0.25) is 0 Å². The summed E-state index contributed by atoms with van der Waals surface area (Å²) in [5, 5.41) is 0. The number of rotatable bonds is 5. The molecule has 0 radical (unpaired) electrons. The average molecular weight is 311 g/mol. The molecule has 0 aromatic rings. The van der Waals surface area contributed by atoms with Gasteiger partial charge in [-0.25, -0.2) is 0 Å². The summed E-state index contributed by atoms with van der Waals surface area (Å²) in [6.07, 6.45) is 11.6. The van der Waals surface area contributed by atoms with Crippen LogP contribution in [0.15, 0.2) is 0 Å². The summed E-state index contributed by atoms with van der Waals surface area (Å²) in [6.45, 7) is 6.41. The minimum Gasteiger partial charge on any atom is -0.330 e. The summed E-state index contributed by atoms with van der Waals surface area (Å²) in [5.41, 5.74) is 19.6. The van der Waals surface area contributed by atoms with Crippen LogP contribution >= 0.6 is 0 Å². The van der Waals surface area contributed by atoms with Crippen molar-refractivity contribution in [1.29, 1.82) is 0 Å². The predicted molar refractivity (Wildman–Crippen MR) is 94.3 cm³/mol. The Bertz CT molecular complexity index is 318. The highest BCUT2D eigenvalue weighted by atomic mass is 15.4. The van der Waals surface area contributed by atoms with Crippen LogP contribution in [0.3, 0.4) is 0 Å². The van der Waals surface area contributed by atoms with E-state index in [0.717, 1.165) is 13.1 Å². The van der Waals surface area contributed by atoms with E-state index in [0.29, 0.717) is 29.3 Å². The van der Waals surface area contributed by atoms with Gasteiger partial charge in [-0.15, -0.1) is 0 Å². The lowest BCUT2D eigenvalue weighted by Crippen LogP contribution is -2.51. The maximum atomic E-state index is 5.94. The van der Waals surface area contributed by atoms with Gasteiger partial charge in [0.1, 0.15) is 0 Å². The third kappa shape index (κ3) is 5.80. The van der Waals surface area contributed by atoms with Gasteiger partial charge in [-0.3, -0.25) is 10.9 Å². The molecule has 0 bridgehead atoms. The van der Waals surface area contributed by atoms with Crippen molar-refractivity contribution in [3.8, 4) is 0 Å². The fourth-order valence-corrected chi connectivity index (χ4v) is 4.61. The van der Waals surface area contributed by atoms with Crippen molar-refractivity contribution in [3.63, 3.8) is 0 Å². The first-order valence-electron chi connectivity index (χ1n) is 9.43. The van der Waals surface area contributed by atoms with Gasteiger partial charge in [-0.05, 0) is 68.9 Å². The summed E-state index contributed by atoms with van der Waals surface area (Å²) in [4.78, 5) is 0. The van der Waals surface area contributed by atoms with Crippen LogP contribution in [0.25, 0.3) is 0 Å². The largest absolute Gasteiger partial charge is 0.330 e. The number of hydrazine groups is 1. The average Bonchev–Trinajstić information content (AvgIpc) is 2.44. The predicted octanol–water partition coefficient (Wildman–Crippen LogP) is 2.53. The van der Waals surface area contributed by atoms with Crippen molar-refractivity contribution < 1.29 is 0 Å². The van der Waals surface area contributed by atoms with Crippen molar-refractivity contribution >= 4 is 0 Å². The molecule has 0 amide bonds. The van der Waals surface area contributed by atoms with E-state index in [2.05, 4.69) is 24.7 Å². The van der Waals surface area contributed by atoms with Crippen molar-refractivity contribution in [2.75, 3.05) is 13.1 Å². The van der Waals surface area contributed by atoms with Crippen LogP contribution < -0.4 is 22.3 Å². The molecule has 0 aliphatic heterocycles. The third-order valence-electron chi connectivity index (χ3n) is 5.70. The van der Waals surface area contributed by atoms with Crippen LogP contribution in [0, 0.1) is 17.3 Å². The topological polar surface area (TPSA) is 76.1 Å². The van der Waals surface area contributed by atoms with Gasteiger partial charge in [-0.1, -0.05) is 33.1 Å². The lowest BCUT2D eigenvalue weighted by molar-refractivity contribution is 0.130. The van der Waals surface area contributed by atoms with Crippen molar-refractivity contribution in [3.05, 3.63) is 0 Å². The Labute approximate surface area is 137 Å². The minimum atomic E-state index is 0.405. The SMILES string of the molecule is CC1(C)CC(CN)CC(NNC2CCCCCC(CN)C2)C1. The molecule has 0 aromatic carbocycles. The zero-order chi connectivity index (χ0) is 16.0. The third-order valence-corrected chi connectivity index (χ3v) is 5.70. The van der Waals surface area contributed by atoms with Crippen LogP contribution in [0.5, 0.6) is 0 Å². The smallest absolute Gasteiger partial charge is 0.0221 e. The van der Waals surface area contributed by atoms with Crippen LogP contribution in [0.2, 0.25) is 0 Å². The zero-order valence-electron chi connectivity index (χ0n) is 14.7. The van der Waals surface area contributed by atoms with Gasteiger partial charge in [0.05, 0.1) is 0 Å². The number of hydrogen-bond acceptors (Lipinski definition) is 4. The van der Waals surface area contributed by atoms with Crippen molar-refractivity contribution in [2.24, 2.45) is 28.7 Å². The molecule has 4 atom stereocenters. The minimum absolute atomic E-state index is 0.405. The molecule has 4 nitrogen and oxygen atoms in total. The fourth-order valence-electron chi connectivity index (χ4n) is 4.61. The molecule has 2 fully saturated rings. The second kappa shape index (κ2) is 8.62. The molecule has 2 aliphatic rings. The zero-order valence-corrected chi connectivity index (χ0v) is 14.7. The van der Waals surface area contributed by atoms with E-state index in [9.17, 15) is 0 Å². The molecule has 4 heteroatoms. The second-order valence-electron chi connectivity index (χ2n) is 8.57. The Hall–Kier alpha value is -0.160. The highest BCUT2D eigenvalue weighted by Gasteiger charge is 2.33. The Balaban J connectivity index is 1.82. The van der Waals surface area contributed by atoms with Gasteiger partial charge in [0.15, 0.2) is 0 Å². The first kappa shape index (κ1) is 18.2. The molecular formula is C18H38N4. The standard InChI is InChI=1S/C18H38N4/c1-18(2)10-15(13-20)9-17(11-18)22-21-16-7-5-3-4-6-14(8-16)12-19/h14-17,21-22H,3-13,19-20H2,1-2H3. The van der Waals surface area contributed by atoms with E-state index in [1.54, 1.807) is 0 Å². The molecule has 4 unspecified atom stereocenters. The molecule has 2 rings (SSSR count). The summed E-state index contributed by atoms with van der Waals surface area (Å²) in [7, 11) is 0.